The highest BCUT2D eigenvalue weighted by Gasteiger charge is 2.14. The summed E-state index contributed by atoms with van der Waals surface area (Å²) in [4.78, 5) is 17.9. The van der Waals surface area contributed by atoms with Gasteiger partial charge < -0.3 is 4.90 Å². The minimum atomic E-state index is -0.321. The fourth-order valence-corrected chi connectivity index (χ4v) is 2.02. The molecule has 1 amide bonds. The van der Waals surface area contributed by atoms with Crippen LogP contribution in [0.4, 0.5) is 4.39 Å². The van der Waals surface area contributed by atoms with Crippen LogP contribution < -0.4 is 0 Å². The second-order valence-corrected chi connectivity index (χ2v) is 4.79. The van der Waals surface area contributed by atoms with Crippen LogP contribution in [0.15, 0.2) is 42.7 Å². The molecule has 0 aliphatic carbocycles. The first kappa shape index (κ1) is 14.2. The standard InChI is InChI=1S/C16H17FN2O/c1-12-11-14(17)3-4-15(12)16(20)19(2)10-7-13-5-8-18-9-6-13/h3-6,8-9,11H,7,10H2,1-2H3. The van der Waals surface area contributed by atoms with E-state index in [1.807, 2.05) is 12.1 Å². The van der Waals surface area contributed by atoms with Gasteiger partial charge in [0.15, 0.2) is 0 Å². The highest BCUT2D eigenvalue weighted by atomic mass is 19.1. The Morgan fingerprint density at radius 1 is 1.25 bits per heavy atom. The van der Waals surface area contributed by atoms with Crippen molar-refractivity contribution in [3.8, 4) is 0 Å². The van der Waals surface area contributed by atoms with Crippen LogP contribution >= 0.6 is 0 Å². The van der Waals surface area contributed by atoms with Crippen LogP contribution in [-0.4, -0.2) is 29.4 Å². The number of carbonyl (C=O) groups is 1. The van der Waals surface area contributed by atoms with Gasteiger partial charge in [0, 0.05) is 31.5 Å². The summed E-state index contributed by atoms with van der Waals surface area (Å²) < 4.78 is 13.1. The number of hydrogen-bond donors (Lipinski definition) is 0. The van der Waals surface area contributed by atoms with Gasteiger partial charge in [0.25, 0.3) is 5.91 Å². The number of hydrogen-bond acceptors (Lipinski definition) is 2. The molecule has 0 saturated heterocycles. The van der Waals surface area contributed by atoms with Crippen molar-refractivity contribution < 1.29 is 9.18 Å². The van der Waals surface area contributed by atoms with Crippen molar-refractivity contribution in [3.63, 3.8) is 0 Å². The molecule has 0 bridgehead atoms. The molecule has 0 aliphatic rings. The highest BCUT2D eigenvalue weighted by molar-refractivity contribution is 5.95. The quantitative estimate of drug-likeness (QED) is 0.857. The minimum Gasteiger partial charge on any atom is -0.341 e. The van der Waals surface area contributed by atoms with E-state index in [9.17, 15) is 9.18 Å². The Morgan fingerprint density at radius 2 is 1.95 bits per heavy atom. The molecule has 2 rings (SSSR count). The molecule has 0 fully saturated rings. The predicted molar refractivity (Wildman–Crippen MR) is 76.0 cm³/mol. The molecule has 104 valence electrons. The minimum absolute atomic E-state index is 0.0865. The van der Waals surface area contributed by atoms with Gasteiger partial charge in [0.2, 0.25) is 0 Å². The zero-order valence-corrected chi connectivity index (χ0v) is 11.6. The van der Waals surface area contributed by atoms with Crippen molar-refractivity contribution in [1.29, 1.82) is 0 Å². The number of nitrogens with zero attached hydrogens (tertiary/aromatic N) is 2. The number of aromatic nitrogens is 1. The molecule has 0 atom stereocenters. The van der Waals surface area contributed by atoms with Gasteiger partial charge in [-0.2, -0.15) is 0 Å². The highest BCUT2D eigenvalue weighted by Crippen LogP contribution is 2.12. The lowest BCUT2D eigenvalue weighted by Gasteiger charge is -2.18. The first-order valence-corrected chi connectivity index (χ1v) is 6.48. The van der Waals surface area contributed by atoms with Gasteiger partial charge in [-0.15, -0.1) is 0 Å². The van der Waals surface area contributed by atoms with Gasteiger partial charge in [0.05, 0.1) is 0 Å². The first-order chi connectivity index (χ1) is 9.58. The molecule has 0 saturated carbocycles. The van der Waals surface area contributed by atoms with Crippen LogP contribution in [0.1, 0.15) is 21.5 Å². The van der Waals surface area contributed by atoms with Crippen LogP contribution in [0.2, 0.25) is 0 Å². The fraction of sp³-hybridized carbons (Fsp3) is 0.250. The molecule has 1 aromatic heterocycles. The van der Waals surface area contributed by atoms with E-state index in [1.54, 1.807) is 31.3 Å². The molecule has 3 nitrogen and oxygen atoms in total. The number of amides is 1. The van der Waals surface area contributed by atoms with Crippen LogP contribution in [0, 0.1) is 12.7 Å². The third-order valence-corrected chi connectivity index (χ3v) is 3.25. The van der Waals surface area contributed by atoms with E-state index in [0.29, 0.717) is 17.7 Å². The first-order valence-electron chi connectivity index (χ1n) is 6.48. The van der Waals surface area contributed by atoms with Crippen LogP contribution in [0.25, 0.3) is 0 Å². The summed E-state index contributed by atoms with van der Waals surface area (Å²) in [6.07, 6.45) is 4.24. The second-order valence-electron chi connectivity index (χ2n) is 4.79. The summed E-state index contributed by atoms with van der Waals surface area (Å²) in [6, 6.07) is 8.10. The van der Waals surface area contributed by atoms with E-state index in [0.717, 1.165) is 12.0 Å². The summed E-state index contributed by atoms with van der Waals surface area (Å²) in [5, 5.41) is 0. The molecule has 2 aromatic rings. The van der Waals surface area contributed by atoms with Gasteiger partial charge >= 0.3 is 0 Å². The van der Waals surface area contributed by atoms with E-state index in [2.05, 4.69) is 4.98 Å². The van der Waals surface area contributed by atoms with Gasteiger partial charge in [-0.3, -0.25) is 9.78 Å². The summed E-state index contributed by atoms with van der Waals surface area (Å²) in [5.74, 6) is -0.407. The predicted octanol–water partition coefficient (Wildman–Crippen LogP) is 2.84. The lowest BCUT2D eigenvalue weighted by Crippen LogP contribution is -2.29. The number of aryl methyl sites for hydroxylation is 1. The monoisotopic (exact) mass is 272 g/mol. The molecule has 0 aliphatic heterocycles. The van der Waals surface area contributed by atoms with Crippen molar-refractivity contribution in [2.75, 3.05) is 13.6 Å². The molecule has 0 unspecified atom stereocenters. The van der Waals surface area contributed by atoms with Crippen LogP contribution in [0.5, 0.6) is 0 Å². The van der Waals surface area contributed by atoms with Gasteiger partial charge in [-0.05, 0) is 54.8 Å². The van der Waals surface area contributed by atoms with Gasteiger partial charge in [-0.25, -0.2) is 4.39 Å². The Hall–Kier alpha value is -2.23. The van der Waals surface area contributed by atoms with Crippen molar-refractivity contribution >= 4 is 5.91 Å². The molecule has 0 radical (unpaired) electrons. The molecular weight excluding hydrogens is 255 g/mol. The van der Waals surface area contributed by atoms with Crippen molar-refractivity contribution in [1.82, 2.24) is 9.88 Å². The Labute approximate surface area is 118 Å². The normalized spacial score (nSPS) is 10.3. The smallest absolute Gasteiger partial charge is 0.253 e. The Balaban J connectivity index is 2.01. The Bertz CT molecular complexity index is 599. The molecule has 0 N–H and O–H groups in total. The zero-order chi connectivity index (χ0) is 14.5. The number of pyridine rings is 1. The summed E-state index contributed by atoms with van der Waals surface area (Å²) >= 11 is 0. The summed E-state index contributed by atoms with van der Waals surface area (Å²) in [7, 11) is 1.76. The maximum absolute atomic E-state index is 13.1. The Morgan fingerprint density at radius 3 is 2.60 bits per heavy atom. The number of carbonyl (C=O) groups excluding carboxylic acids is 1. The SMILES string of the molecule is Cc1cc(F)ccc1C(=O)N(C)CCc1ccncc1. The number of rotatable bonds is 4. The number of benzene rings is 1. The fourth-order valence-electron chi connectivity index (χ4n) is 2.02. The number of likely N-dealkylation sites (N-methyl/N-ethyl adjacent to an activating group) is 1. The Kier molecular flexibility index (Phi) is 4.45. The van der Waals surface area contributed by atoms with E-state index in [1.165, 1.54) is 18.2 Å². The van der Waals surface area contributed by atoms with Crippen molar-refractivity contribution in [2.24, 2.45) is 0 Å². The van der Waals surface area contributed by atoms with E-state index in [-0.39, 0.29) is 11.7 Å². The van der Waals surface area contributed by atoms with Gasteiger partial charge in [-0.1, -0.05) is 0 Å². The van der Waals surface area contributed by atoms with E-state index >= 15 is 0 Å². The number of halogens is 1. The van der Waals surface area contributed by atoms with Crippen molar-refractivity contribution in [2.45, 2.75) is 13.3 Å². The maximum Gasteiger partial charge on any atom is 0.253 e. The van der Waals surface area contributed by atoms with Crippen LogP contribution in [0.3, 0.4) is 0 Å². The molecule has 4 heteroatoms. The summed E-state index contributed by atoms with van der Waals surface area (Å²) in [5.41, 5.74) is 2.34. The molecular formula is C16H17FN2O. The second kappa shape index (κ2) is 6.28. The lowest BCUT2D eigenvalue weighted by atomic mass is 10.1. The van der Waals surface area contributed by atoms with Crippen LogP contribution in [-0.2, 0) is 6.42 Å². The van der Waals surface area contributed by atoms with E-state index < -0.39 is 0 Å². The lowest BCUT2D eigenvalue weighted by molar-refractivity contribution is 0.0796. The van der Waals surface area contributed by atoms with E-state index in [4.69, 9.17) is 0 Å². The maximum atomic E-state index is 13.1. The third kappa shape index (κ3) is 3.41. The van der Waals surface area contributed by atoms with Gasteiger partial charge in [0.1, 0.15) is 5.82 Å². The topological polar surface area (TPSA) is 33.2 Å². The largest absolute Gasteiger partial charge is 0.341 e. The summed E-state index contributed by atoms with van der Waals surface area (Å²) in [6.45, 7) is 2.35. The zero-order valence-electron chi connectivity index (χ0n) is 11.6. The molecule has 1 heterocycles. The van der Waals surface area contributed by atoms with Crippen molar-refractivity contribution in [3.05, 3.63) is 65.2 Å². The average Bonchev–Trinajstić information content (AvgIpc) is 2.45. The third-order valence-electron chi connectivity index (χ3n) is 3.25. The molecule has 1 aromatic carbocycles. The molecule has 0 spiro atoms. The average molecular weight is 272 g/mol. The molecule has 20 heavy (non-hydrogen) atoms.